The number of aromatic amines is 1. The molecule has 2 aromatic rings. The normalized spacial score (nSPS) is 19.5. The zero-order valence-electron chi connectivity index (χ0n) is 24.5. The lowest BCUT2D eigenvalue weighted by molar-refractivity contribution is 0.0214. The van der Waals surface area contributed by atoms with Crippen molar-refractivity contribution in [1.29, 1.82) is 0 Å². The fraction of sp³-hybridized carbons (Fsp3) is 0.312. The van der Waals surface area contributed by atoms with Gasteiger partial charge < -0.3 is 34.6 Å². The first kappa shape index (κ1) is 29.4. The van der Waals surface area contributed by atoms with E-state index in [1.165, 1.54) is 6.21 Å². The van der Waals surface area contributed by atoms with E-state index in [1.54, 1.807) is 12.1 Å². The zero-order valence-corrected chi connectivity index (χ0v) is 24.5. The van der Waals surface area contributed by atoms with Crippen LogP contribution in [0.15, 0.2) is 47.3 Å². The molecule has 0 bridgehead atoms. The molecule has 4 N–H and O–H groups in total. The molecule has 236 valence electrons. The van der Waals surface area contributed by atoms with Crippen molar-refractivity contribution in [3.05, 3.63) is 107 Å². The van der Waals surface area contributed by atoms with E-state index in [1.807, 2.05) is 0 Å². The molecule has 0 saturated carbocycles. The van der Waals surface area contributed by atoms with Gasteiger partial charge in [-0.25, -0.2) is 0 Å². The molecular formula is C32H27N3O11. The molecule has 1 saturated heterocycles. The third-order valence-electron chi connectivity index (χ3n) is 9.14. The largest absolute Gasteiger partial charge is 0.510 e. The maximum absolute atomic E-state index is 13.6. The number of oxime groups is 1. The fourth-order valence-electron chi connectivity index (χ4n) is 6.98. The lowest BCUT2D eigenvalue weighted by Gasteiger charge is -2.27. The Hall–Kier alpha value is -5.34. The van der Waals surface area contributed by atoms with Crippen molar-refractivity contribution >= 4 is 28.5 Å². The monoisotopic (exact) mass is 629 g/mol. The number of aryl methyl sites for hydroxylation is 1. The molecule has 7 rings (SSSR count). The number of morpholine rings is 1. The van der Waals surface area contributed by atoms with Crippen LogP contribution in [0.2, 0.25) is 0 Å². The number of fused-ring (bicyclic) bond motifs is 4. The predicted octanol–water partition coefficient (Wildman–Crippen LogP) is -1.80. The molecule has 1 aromatic heterocycles. The molecule has 1 aliphatic heterocycles. The second-order valence-corrected chi connectivity index (χ2v) is 11.5. The van der Waals surface area contributed by atoms with Gasteiger partial charge in [0.25, 0.3) is 5.56 Å². The molecule has 2 heterocycles. The van der Waals surface area contributed by atoms with Crippen molar-refractivity contribution in [3.63, 3.8) is 0 Å². The van der Waals surface area contributed by atoms with Gasteiger partial charge >= 0.3 is 0 Å². The highest BCUT2D eigenvalue weighted by Crippen LogP contribution is 2.54. The van der Waals surface area contributed by atoms with Crippen molar-refractivity contribution in [3.8, 4) is 11.5 Å². The van der Waals surface area contributed by atoms with Gasteiger partial charge in [-0.1, -0.05) is 11.2 Å². The number of benzene rings is 1. The Labute approximate surface area is 256 Å². The Bertz CT molecular complexity index is 2470. The second kappa shape index (κ2) is 10.6. The number of ether oxygens (including phenoxy) is 2. The molecule has 1 spiro atoms. The second-order valence-electron chi connectivity index (χ2n) is 11.5. The van der Waals surface area contributed by atoms with E-state index >= 15 is 0 Å². The highest BCUT2D eigenvalue weighted by Gasteiger charge is 2.53. The number of hydrogen-bond acceptors (Lipinski definition) is 13. The van der Waals surface area contributed by atoms with E-state index in [0.29, 0.717) is 43.0 Å². The third-order valence-corrected chi connectivity index (χ3v) is 9.14. The average molecular weight is 630 g/mol. The first-order valence-electron chi connectivity index (χ1n) is 14.5. The van der Waals surface area contributed by atoms with Gasteiger partial charge in [0.1, 0.15) is 29.3 Å². The number of nitrogens with one attached hydrogen (secondary N) is 1. The van der Waals surface area contributed by atoms with Gasteiger partial charge in [0.15, 0.2) is 11.2 Å². The number of methoxy groups -OCH3 is 1. The molecule has 1 unspecified atom stereocenters. The molecule has 4 aliphatic carbocycles. The Morgan fingerprint density at radius 2 is 1.65 bits per heavy atom. The lowest BCUT2D eigenvalue weighted by Crippen LogP contribution is -2.51. The van der Waals surface area contributed by atoms with Gasteiger partial charge in [-0.15, -0.1) is 0 Å². The van der Waals surface area contributed by atoms with Crippen LogP contribution in [0, 0.1) is 10.4 Å². The number of aromatic nitrogens is 1. The maximum atomic E-state index is 13.6. The number of aliphatic hydroxyl groups excluding tert-OH is 2. The average Bonchev–Trinajstić information content (AvgIpc) is 3.53. The van der Waals surface area contributed by atoms with Crippen molar-refractivity contribution < 1.29 is 29.6 Å². The van der Waals surface area contributed by atoms with Gasteiger partial charge in [-0.3, -0.25) is 28.9 Å². The summed E-state index contributed by atoms with van der Waals surface area (Å²) < 4.78 is 10.2. The topological polar surface area (TPSA) is 205 Å². The van der Waals surface area contributed by atoms with Crippen molar-refractivity contribution in [1.82, 2.24) is 9.88 Å². The van der Waals surface area contributed by atoms with Crippen LogP contribution in [0.25, 0.3) is 22.3 Å². The first-order chi connectivity index (χ1) is 22.1. The summed E-state index contributed by atoms with van der Waals surface area (Å²) in [6.07, 6.45) is 1.41. The van der Waals surface area contributed by atoms with E-state index in [4.69, 9.17) is 14.3 Å². The van der Waals surface area contributed by atoms with Crippen LogP contribution in [0.4, 0.5) is 0 Å². The number of phenolic OH excluding ortho intramolecular Hbond substituents is 1. The summed E-state index contributed by atoms with van der Waals surface area (Å²) in [6, 6.07) is 3.97. The number of phenols is 1. The van der Waals surface area contributed by atoms with Crippen LogP contribution in [0.5, 0.6) is 11.5 Å². The molecule has 14 nitrogen and oxygen atoms in total. The summed E-state index contributed by atoms with van der Waals surface area (Å²) >= 11 is 0. The Morgan fingerprint density at radius 3 is 2.35 bits per heavy atom. The summed E-state index contributed by atoms with van der Waals surface area (Å²) in [7, 11) is 1.12. The number of rotatable bonds is 6. The smallest absolute Gasteiger partial charge is 0.260 e. The number of aliphatic hydroxyl groups is 2. The molecule has 5 aliphatic rings. The highest BCUT2D eigenvalue weighted by molar-refractivity contribution is 5.96. The molecule has 14 heteroatoms. The third kappa shape index (κ3) is 4.03. The minimum atomic E-state index is -1.97. The standard InChI is InChI=1S/C32H27N3O11/c1-44-18-12-17(36)20-21(25(18)37)27(39)23-22(26(20)38)29(41)32(30(23)42)3-2-14-10-15-11-16(34-31(43)19(15)28(40)24(14)32)13-33-46-9-6-35-4-7-45-8-5-35/h10-13,40-42H,2-9H2,1H3,(H,34,43)/b33-13+. The van der Waals surface area contributed by atoms with Gasteiger partial charge in [0, 0.05) is 31.3 Å². The van der Waals surface area contributed by atoms with Crippen LogP contribution in [0.1, 0.15) is 23.2 Å². The van der Waals surface area contributed by atoms with Crippen LogP contribution in [-0.4, -0.2) is 78.0 Å². The number of pyridine rings is 1. The zero-order chi connectivity index (χ0) is 32.5. The number of aromatic hydroxyl groups is 1. The molecule has 1 atom stereocenters. The van der Waals surface area contributed by atoms with Gasteiger partial charge in [-0.05, 0) is 29.9 Å². The molecule has 1 fully saturated rings. The quantitative estimate of drug-likeness (QED) is 0.106. The maximum Gasteiger partial charge on any atom is 0.260 e. The summed E-state index contributed by atoms with van der Waals surface area (Å²) in [5, 5.41) is 36.0. The van der Waals surface area contributed by atoms with Gasteiger partial charge in [0.2, 0.25) is 16.3 Å². The van der Waals surface area contributed by atoms with Crippen LogP contribution < -0.4 is 42.4 Å². The molecular weight excluding hydrogens is 602 g/mol. The molecule has 0 radical (unpaired) electrons. The van der Waals surface area contributed by atoms with Crippen molar-refractivity contribution in [2.45, 2.75) is 18.3 Å². The number of hydrogen-bond donors (Lipinski definition) is 4. The summed E-state index contributed by atoms with van der Waals surface area (Å²) in [6.45, 7) is 3.94. The van der Waals surface area contributed by atoms with E-state index in [2.05, 4.69) is 15.0 Å². The molecule has 46 heavy (non-hydrogen) atoms. The summed E-state index contributed by atoms with van der Waals surface area (Å²) in [4.78, 5) is 76.3. The Kier molecular flexibility index (Phi) is 6.79. The summed E-state index contributed by atoms with van der Waals surface area (Å²) in [5.74, 6) is -2.54. The minimum absolute atomic E-state index is 0.0605. The Morgan fingerprint density at radius 1 is 0.957 bits per heavy atom. The SMILES string of the molecule is COc1cc(=O)c2c(=O)c3c(c(=O)c=2c1=O)=C(O)C1(CCc2cc4cc(/C=N/OCCN5CCOCC5)[nH]c(=O)c4c(O)c21)C=3O. The predicted molar refractivity (Wildman–Crippen MR) is 164 cm³/mol. The van der Waals surface area contributed by atoms with E-state index in [-0.39, 0.29) is 23.8 Å². The first-order valence-corrected chi connectivity index (χ1v) is 14.5. The Balaban J connectivity index is 1.34. The highest BCUT2D eigenvalue weighted by atomic mass is 16.6. The fourth-order valence-corrected chi connectivity index (χ4v) is 6.98. The molecule has 0 amide bonds. The van der Waals surface area contributed by atoms with Crippen LogP contribution in [0.3, 0.4) is 0 Å². The van der Waals surface area contributed by atoms with Crippen LogP contribution in [-0.2, 0) is 21.4 Å². The van der Waals surface area contributed by atoms with E-state index in [9.17, 15) is 39.3 Å². The van der Waals surface area contributed by atoms with E-state index < -0.39 is 76.6 Å². The molecule has 1 aromatic carbocycles. The van der Waals surface area contributed by atoms with E-state index in [0.717, 1.165) is 26.3 Å². The lowest BCUT2D eigenvalue weighted by atomic mass is 9.78. The van der Waals surface area contributed by atoms with Gasteiger partial charge in [0.05, 0.1) is 58.5 Å². The number of nitrogens with zero attached hydrogens (tertiary/aromatic N) is 2. The van der Waals surface area contributed by atoms with Gasteiger partial charge in [-0.2, -0.15) is 0 Å². The van der Waals surface area contributed by atoms with Crippen LogP contribution >= 0.6 is 0 Å². The van der Waals surface area contributed by atoms with Crippen molar-refractivity contribution in [2.24, 2.45) is 5.16 Å². The van der Waals surface area contributed by atoms with Crippen molar-refractivity contribution in [2.75, 3.05) is 46.6 Å². The number of H-pyrrole nitrogens is 1. The summed E-state index contributed by atoms with van der Waals surface area (Å²) in [5.41, 5.74) is -6.22. The minimum Gasteiger partial charge on any atom is -0.510 e.